The van der Waals surface area contributed by atoms with Crippen molar-refractivity contribution in [1.29, 1.82) is 0 Å². The van der Waals surface area contributed by atoms with Gasteiger partial charge in [0.15, 0.2) is 5.13 Å². The van der Waals surface area contributed by atoms with Gasteiger partial charge in [0.1, 0.15) is 0 Å². The van der Waals surface area contributed by atoms with Crippen molar-refractivity contribution in [3.05, 3.63) is 69.2 Å². The summed E-state index contributed by atoms with van der Waals surface area (Å²) in [6.45, 7) is 4.34. The minimum atomic E-state index is -3.85. The van der Waals surface area contributed by atoms with Gasteiger partial charge in [-0.2, -0.15) is 0 Å². The molecule has 0 radical (unpaired) electrons. The Hall–Kier alpha value is -2.42. The maximum atomic E-state index is 13.4. The number of carbonyl (C=O) groups is 1. The van der Waals surface area contributed by atoms with E-state index in [4.69, 9.17) is 11.6 Å². The van der Waals surface area contributed by atoms with Crippen LogP contribution in [0.4, 0.5) is 10.8 Å². The fourth-order valence-electron chi connectivity index (χ4n) is 3.69. The van der Waals surface area contributed by atoms with Gasteiger partial charge in [-0.05, 0) is 56.0 Å². The van der Waals surface area contributed by atoms with E-state index in [1.165, 1.54) is 33.8 Å². The van der Waals surface area contributed by atoms with Gasteiger partial charge >= 0.3 is 0 Å². The first-order valence-corrected chi connectivity index (χ1v) is 12.6. The summed E-state index contributed by atoms with van der Waals surface area (Å²) >= 11 is 7.63. The Bertz CT molecular complexity index is 1250. The van der Waals surface area contributed by atoms with Crippen molar-refractivity contribution >= 4 is 49.7 Å². The number of hydrogen-bond acceptors (Lipinski definition) is 5. The third-order valence-corrected chi connectivity index (χ3v) is 8.35. The van der Waals surface area contributed by atoms with Crippen LogP contribution >= 0.6 is 22.9 Å². The summed E-state index contributed by atoms with van der Waals surface area (Å²) in [7, 11) is -3.85. The van der Waals surface area contributed by atoms with Crippen LogP contribution in [0.5, 0.6) is 0 Å². The van der Waals surface area contributed by atoms with Crippen molar-refractivity contribution in [2.24, 2.45) is 0 Å². The zero-order valence-corrected chi connectivity index (χ0v) is 19.6. The zero-order chi connectivity index (χ0) is 22.2. The molecule has 0 unspecified atom stereocenters. The van der Waals surface area contributed by atoms with Crippen molar-refractivity contribution in [3.8, 4) is 0 Å². The molecule has 0 spiro atoms. The number of para-hydroxylation sites is 1. The number of carbonyl (C=O) groups excluding carboxylic acids is 1. The number of aryl methyl sites for hydroxylation is 3. The van der Waals surface area contributed by atoms with E-state index in [9.17, 15) is 13.2 Å². The number of fused-ring (bicyclic) bond motifs is 1. The molecule has 9 heteroatoms. The summed E-state index contributed by atoms with van der Waals surface area (Å²) in [5, 5.41) is 3.39. The molecule has 162 valence electrons. The van der Waals surface area contributed by atoms with Gasteiger partial charge in [0, 0.05) is 11.4 Å². The van der Waals surface area contributed by atoms with Crippen LogP contribution in [-0.4, -0.2) is 25.9 Å². The van der Waals surface area contributed by atoms with E-state index in [0.29, 0.717) is 17.4 Å². The van der Waals surface area contributed by atoms with Crippen LogP contribution in [0, 0.1) is 6.92 Å². The number of thiazole rings is 1. The lowest BCUT2D eigenvalue weighted by Crippen LogP contribution is -2.35. The predicted octanol–water partition coefficient (Wildman–Crippen LogP) is 5.06. The first-order chi connectivity index (χ1) is 14.8. The van der Waals surface area contributed by atoms with Crippen LogP contribution in [0.25, 0.3) is 0 Å². The molecule has 3 aromatic rings. The molecule has 1 aliphatic heterocycles. The third-order valence-electron chi connectivity index (χ3n) is 5.29. The van der Waals surface area contributed by atoms with Crippen LogP contribution in [0.1, 0.15) is 39.8 Å². The standard InChI is InChI=1S/C22H22ClN3O3S2/c1-3-19-14(2)30-22(24-19)25-21(27)17-13-16(10-11-18(17)23)31(28,29)26-12-6-8-15-7-4-5-9-20(15)26/h4-5,7,9-11,13H,3,6,8,12H2,1-2H3,(H,24,25,27). The maximum Gasteiger partial charge on any atom is 0.264 e. The van der Waals surface area contributed by atoms with Gasteiger partial charge in [0.2, 0.25) is 0 Å². The number of benzene rings is 2. The molecule has 0 saturated carbocycles. The smallest absolute Gasteiger partial charge is 0.264 e. The molecule has 1 aromatic heterocycles. The third kappa shape index (κ3) is 4.20. The fourth-order valence-corrected chi connectivity index (χ4v) is 6.36. The molecule has 2 aromatic carbocycles. The highest BCUT2D eigenvalue weighted by Crippen LogP contribution is 2.33. The number of aromatic nitrogens is 1. The molecule has 6 nitrogen and oxygen atoms in total. The van der Waals surface area contributed by atoms with Gasteiger partial charge < -0.3 is 0 Å². The highest BCUT2D eigenvalue weighted by atomic mass is 35.5. The van der Waals surface area contributed by atoms with Crippen LogP contribution in [0.15, 0.2) is 47.4 Å². The number of hydrogen-bond donors (Lipinski definition) is 1. The van der Waals surface area contributed by atoms with Gasteiger partial charge in [-0.15, -0.1) is 11.3 Å². The zero-order valence-electron chi connectivity index (χ0n) is 17.2. The van der Waals surface area contributed by atoms with E-state index >= 15 is 0 Å². The molecule has 1 amide bonds. The second-order valence-electron chi connectivity index (χ2n) is 7.28. The highest BCUT2D eigenvalue weighted by Gasteiger charge is 2.30. The van der Waals surface area contributed by atoms with Crippen LogP contribution in [-0.2, 0) is 22.9 Å². The number of halogens is 1. The lowest BCUT2D eigenvalue weighted by Gasteiger charge is -2.30. The Labute approximate surface area is 190 Å². The van der Waals surface area contributed by atoms with Gasteiger partial charge in [0.25, 0.3) is 15.9 Å². The normalized spacial score (nSPS) is 13.7. The van der Waals surface area contributed by atoms with Crippen LogP contribution in [0.2, 0.25) is 5.02 Å². The van der Waals surface area contributed by atoms with Crippen molar-refractivity contribution < 1.29 is 13.2 Å². The second kappa shape index (κ2) is 8.61. The maximum absolute atomic E-state index is 13.4. The Morgan fingerprint density at radius 3 is 2.77 bits per heavy atom. The average molecular weight is 476 g/mol. The molecule has 0 aliphatic carbocycles. The number of rotatable bonds is 5. The van der Waals surface area contributed by atoms with E-state index < -0.39 is 15.9 Å². The van der Waals surface area contributed by atoms with Crippen molar-refractivity contribution in [2.45, 2.75) is 38.0 Å². The number of anilines is 2. The van der Waals surface area contributed by atoms with Crippen molar-refractivity contribution in [3.63, 3.8) is 0 Å². The molecule has 31 heavy (non-hydrogen) atoms. The van der Waals surface area contributed by atoms with E-state index in [-0.39, 0.29) is 15.5 Å². The molecule has 2 heterocycles. The first kappa shape index (κ1) is 21.8. The molecular formula is C22H22ClN3O3S2. The minimum absolute atomic E-state index is 0.0309. The quantitative estimate of drug-likeness (QED) is 0.559. The highest BCUT2D eigenvalue weighted by molar-refractivity contribution is 7.92. The van der Waals surface area contributed by atoms with Gasteiger partial charge in [0.05, 0.1) is 26.9 Å². The monoisotopic (exact) mass is 475 g/mol. The molecule has 0 saturated heterocycles. The van der Waals surface area contributed by atoms with E-state index in [2.05, 4.69) is 10.3 Å². The van der Waals surface area contributed by atoms with E-state index in [1.54, 1.807) is 0 Å². The van der Waals surface area contributed by atoms with Crippen molar-refractivity contribution in [2.75, 3.05) is 16.2 Å². The summed E-state index contributed by atoms with van der Waals surface area (Å²) in [4.78, 5) is 18.3. The fraction of sp³-hybridized carbons (Fsp3) is 0.273. The molecule has 4 rings (SSSR count). The molecule has 1 N–H and O–H groups in total. The summed E-state index contributed by atoms with van der Waals surface area (Å²) in [6, 6.07) is 11.7. The van der Waals surface area contributed by atoms with E-state index in [1.807, 2.05) is 38.1 Å². The average Bonchev–Trinajstić information content (AvgIpc) is 3.12. The number of nitrogens with zero attached hydrogens (tertiary/aromatic N) is 2. The molecular weight excluding hydrogens is 454 g/mol. The number of amides is 1. The van der Waals surface area contributed by atoms with Gasteiger partial charge in [-0.1, -0.05) is 36.7 Å². The summed E-state index contributed by atoms with van der Waals surface area (Å²) in [5.41, 5.74) is 2.70. The molecule has 1 aliphatic rings. The van der Waals surface area contributed by atoms with Gasteiger partial charge in [-0.3, -0.25) is 14.4 Å². The van der Waals surface area contributed by atoms with Gasteiger partial charge in [-0.25, -0.2) is 13.4 Å². The second-order valence-corrected chi connectivity index (χ2v) is 10.8. The van der Waals surface area contributed by atoms with Crippen LogP contribution < -0.4 is 9.62 Å². The summed E-state index contributed by atoms with van der Waals surface area (Å²) < 4.78 is 28.3. The molecule has 0 bridgehead atoms. The Kier molecular flexibility index (Phi) is 6.05. The minimum Gasteiger partial charge on any atom is -0.298 e. The van der Waals surface area contributed by atoms with E-state index in [0.717, 1.165) is 35.4 Å². The first-order valence-electron chi connectivity index (χ1n) is 9.99. The lowest BCUT2D eigenvalue weighted by molar-refractivity contribution is 0.102. The SMILES string of the molecule is CCc1nc(NC(=O)c2cc(S(=O)(=O)N3CCCc4ccccc43)ccc2Cl)sc1C. The number of sulfonamides is 1. The van der Waals surface area contributed by atoms with Crippen LogP contribution in [0.3, 0.4) is 0 Å². The summed E-state index contributed by atoms with van der Waals surface area (Å²) in [6.07, 6.45) is 2.34. The Morgan fingerprint density at radius 1 is 1.26 bits per heavy atom. The lowest BCUT2D eigenvalue weighted by atomic mass is 10.0. The number of nitrogens with one attached hydrogen (secondary N) is 1. The Balaban J connectivity index is 1.66. The molecule has 0 atom stereocenters. The predicted molar refractivity (Wildman–Crippen MR) is 125 cm³/mol. The Morgan fingerprint density at radius 2 is 2.03 bits per heavy atom. The molecule has 0 fully saturated rings. The topological polar surface area (TPSA) is 79.4 Å². The largest absolute Gasteiger partial charge is 0.298 e. The summed E-state index contributed by atoms with van der Waals surface area (Å²) in [5.74, 6) is -0.488. The van der Waals surface area contributed by atoms with Crippen molar-refractivity contribution in [1.82, 2.24) is 4.98 Å².